The summed E-state index contributed by atoms with van der Waals surface area (Å²) >= 11 is 0. The highest BCUT2D eigenvalue weighted by atomic mass is 32.2. The van der Waals surface area contributed by atoms with Crippen molar-refractivity contribution in [2.24, 2.45) is 0 Å². The maximum absolute atomic E-state index is 12.9. The number of carbonyl (C=O) groups excluding carboxylic acids is 1. The summed E-state index contributed by atoms with van der Waals surface area (Å²) in [7, 11) is -1.89. The highest BCUT2D eigenvalue weighted by Gasteiger charge is 2.36. The molecule has 0 spiro atoms. The average molecular weight is 411 g/mol. The zero-order valence-electron chi connectivity index (χ0n) is 15.9. The molecule has 1 unspecified atom stereocenters. The van der Waals surface area contributed by atoms with Crippen molar-refractivity contribution < 1.29 is 17.9 Å². The fourth-order valence-corrected chi connectivity index (χ4v) is 5.28. The number of amides is 1. The van der Waals surface area contributed by atoms with Gasteiger partial charge in [-0.25, -0.2) is 8.42 Å². The fraction of sp³-hybridized carbons (Fsp3) is 0.238. The number of nitrogens with one attached hydrogen (secondary N) is 1. The Morgan fingerprint density at radius 3 is 2.62 bits per heavy atom. The Kier molecular flexibility index (Phi) is 5.10. The van der Waals surface area contributed by atoms with Crippen LogP contribution in [0.1, 0.15) is 16.9 Å². The van der Waals surface area contributed by atoms with Gasteiger partial charge in [0, 0.05) is 18.7 Å². The predicted molar refractivity (Wildman–Crippen MR) is 109 cm³/mol. The van der Waals surface area contributed by atoms with Crippen LogP contribution >= 0.6 is 0 Å². The van der Waals surface area contributed by atoms with Crippen molar-refractivity contribution in [2.45, 2.75) is 16.6 Å². The minimum Gasteiger partial charge on any atom is -0.496 e. The highest BCUT2D eigenvalue weighted by molar-refractivity contribution is 7.92. The molecule has 1 saturated heterocycles. The minimum absolute atomic E-state index is 0.166. The van der Waals surface area contributed by atoms with E-state index in [9.17, 15) is 13.2 Å². The lowest BCUT2D eigenvalue weighted by Gasteiger charge is -2.15. The number of benzene rings is 2. The Hall–Kier alpha value is -3.13. The number of methoxy groups -OCH3 is 1. The van der Waals surface area contributed by atoms with E-state index in [1.54, 1.807) is 48.4 Å². The van der Waals surface area contributed by atoms with Crippen LogP contribution in [-0.2, 0) is 9.84 Å². The molecule has 2 heterocycles. The molecule has 1 amide bonds. The second-order valence-electron chi connectivity index (χ2n) is 6.89. The molecule has 7 nitrogen and oxygen atoms in total. The molecule has 8 heteroatoms. The molecule has 1 N–H and O–H groups in total. The molecular weight excluding hydrogens is 390 g/mol. The van der Waals surface area contributed by atoms with Gasteiger partial charge < -0.3 is 9.64 Å². The van der Waals surface area contributed by atoms with Crippen LogP contribution in [0.25, 0.3) is 11.3 Å². The van der Waals surface area contributed by atoms with Gasteiger partial charge in [0.2, 0.25) is 0 Å². The van der Waals surface area contributed by atoms with E-state index in [1.165, 1.54) is 0 Å². The van der Waals surface area contributed by atoms with Gasteiger partial charge in [-0.1, -0.05) is 30.3 Å². The van der Waals surface area contributed by atoms with Crippen LogP contribution in [0, 0.1) is 0 Å². The lowest BCUT2D eigenvalue weighted by molar-refractivity contribution is 0.0787. The first-order valence-corrected chi connectivity index (χ1v) is 10.8. The van der Waals surface area contributed by atoms with Gasteiger partial charge in [-0.2, -0.15) is 5.10 Å². The van der Waals surface area contributed by atoms with E-state index in [1.807, 2.05) is 24.3 Å². The van der Waals surface area contributed by atoms with Crippen molar-refractivity contribution in [3.8, 4) is 17.0 Å². The smallest absolute Gasteiger partial charge is 0.271 e. The summed E-state index contributed by atoms with van der Waals surface area (Å²) in [5, 5.41) is 6.40. The monoisotopic (exact) mass is 411 g/mol. The van der Waals surface area contributed by atoms with Crippen LogP contribution in [0.3, 0.4) is 0 Å². The lowest BCUT2D eigenvalue weighted by atomic mass is 10.1. The van der Waals surface area contributed by atoms with Gasteiger partial charge in [-0.3, -0.25) is 9.89 Å². The topological polar surface area (TPSA) is 92.4 Å². The number of nitrogens with zero attached hydrogens (tertiary/aromatic N) is 2. The Labute approximate surface area is 169 Å². The van der Waals surface area contributed by atoms with E-state index in [0.29, 0.717) is 35.0 Å². The number of hydrogen-bond donors (Lipinski definition) is 1. The van der Waals surface area contributed by atoms with Gasteiger partial charge in [-0.05, 0) is 36.8 Å². The fourth-order valence-electron chi connectivity index (χ4n) is 3.56. The number of aromatic nitrogens is 2. The molecule has 29 heavy (non-hydrogen) atoms. The van der Waals surface area contributed by atoms with Crippen LogP contribution in [0.15, 0.2) is 65.6 Å². The van der Waals surface area contributed by atoms with E-state index in [2.05, 4.69) is 10.2 Å². The number of rotatable bonds is 5. The number of likely N-dealkylation sites (tertiary alicyclic amines) is 1. The standard InChI is InChI=1S/C21H21N3O4S/c1-28-20-10-6-5-9-17(20)18-13-19(23-22-18)21(25)24-12-11-16(14-24)29(26,27)15-7-3-2-4-8-15/h2-10,13,16H,11-12,14H2,1H3,(H,22,23). The van der Waals surface area contributed by atoms with E-state index in [0.717, 1.165) is 5.56 Å². The predicted octanol–water partition coefficient (Wildman–Crippen LogP) is 2.77. The number of sulfone groups is 1. The first-order chi connectivity index (χ1) is 14.0. The molecular formula is C21H21N3O4S. The third kappa shape index (κ3) is 3.63. The first kappa shape index (κ1) is 19.2. The zero-order chi connectivity index (χ0) is 20.4. The molecule has 150 valence electrons. The highest BCUT2D eigenvalue weighted by Crippen LogP contribution is 2.29. The molecule has 3 aromatic rings. The van der Waals surface area contributed by atoms with E-state index < -0.39 is 15.1 Å². The second kappa shape index (κ2) is 7.71. The molecule has 0 radical (unpaired) electrons. The molecule has 0 saturated carbocycles. The van der Waals surface area contributed by atoms with Gasteiger partial charge in [0.15, 0.2) is 9.84 Å². The minimum atomic E-state index is -3.47. The number of aromatic amines is 1. The quantitative estimate of drug-likeness (QED) is 0.697. The molecule has 1 fully saturated rings. The van der Waals surface area contributed by atoms with Crippen molar-refractivity contribution in [1.29, 1.82) is 0 Å². The first-order valence-electron chi connectivity index (χ1n) is 9.27. The molecule has 2 aromatic carbocycles. The van der Waals surface area contributed by atoms with Gasteiger partial charge in [0.05, 0.1) is 22.9 Å². The van der Waals surface area contributed by atoms with Gasteiger partial charge in [0.25, 0.3) is 5.91 Å². The summed E-state index contributed by atoms with van der Waals surface area (Å²) in [5.41, 5.74) is 1.69. The average Bonchev–Trinajstić information content (AvgIpc) is 3.44. The Morgan fingerprint density at radius 2 is 1.86 bits per heavy atom. The molecule has 1 aromatic heterocycles. The number of carbonyl (C=O) groups is 1. The zero-order valence-corrected chi connectivity index (χ0v) is 16.7. The maximum Gasteiger partial charge on any atom is 0.271 e. The second-order valence-corrected chi connectivity index (χ2v) is 9.12. The number of para-hydroxylation sites is 1. The third-order valence-electron chi connectivity index (χ3n) is 5.13. The van der Waals surface area contributed by atoms with Gasteiger partial charge >= 0.3 is 0 Å². The van der Waals surface area contributed by atoms with Crippen molar-refractivity contribution in [2.75, 3.05) is 20.2 Å². The lowest BCUT2D eigenvalue weighted by Crippen LogP contribution is -2.32. The van der Waals surface area contributed by atoms with Crippen LogP contribution in [0.4, 0.5) is 0 Å². The van der Waals surface area contributed by atoms with Crippen molar-refractivity contribution in [3.05, 3.63) is 66.4 Å². The number of H-pyrrole nitrogens is 1. The summed E-state index contributed by atoms with van der Waals surface area (Å²) < 4.78 is 31.0. The van der Waals surface area contributed by atoms with Crippen molar-refractivity contribution in [3.63, 3.8) is 0 Å². The summed E-state index contributed by atoms with van der Waals surface area (Å²) in [6.07, 6.45) is 0.413. The summed E-state index contributed by atoms with van der Waals surface area (Å²) in [5.74, 6) is 0.401. The van der Waals surface area contributed by atoms with Crippen molar-refractivity contribution >= 4 is 15.7 Å². The van der Waals surface area contributed by atoms with Crippen LogP contribution in [0.2, 0.25) is 0 Å². The maximum atomic E-state index is 12.9. The molecule has 0 bridgehead atoms. The molecule has 1 aliphatic heterocycles. The Balaban J connectivity index is 1.51. The number of ether oxygens (including phenoxy) is 1. The SMILES string of the molecule is COc1ccccc1-c1cc(C(=O)N2CCC(S(=O)(=O)c3ccccc3)C2)[nH]n1. The summed E-state index contributed by atoms with van der Waals surface area (Å²) in [4.78, 5) is 14.7. The van der Waals surface area contributed by atoms with Gasteiger partial charge in [-0.15, -0.1) is 0 Å². The van der Waals surface area contributed by atoms with Crippen LogP contribution in [-0.4, -0.2) is 54.9 Å². The molecule has 1 aliphatic rings. The Bertz CT molecular complexity index is 1130. The number of hydrogen-bond acceptors (Lipinski definition) is 5. The van der Waals surface area contributed by atoms with Gasteiger partial charge in [0.1, 0.15) is 11.4 Å². The Morgan fingerprint density at radius 1 is 1.14 bits per heavy atom. The summed E-state index contributed by atoms with van der Waals surface area (Å²) in [6, 6.07) is 17.4. The third-order valence-corrected chi connectivity index (χ3v) is 7.33. The normalized spacial score (nSPS) is 16.7. The van der Waals surface area contributed by atoms with E-state index >= 15 is 0 Å². The molecule has 4 rings (SSSR count). The van der Waals surface area contributed by atoms with E-state index in [-0.39, 0.29) is 12.5 Å². The van der Waals surface area contributed by atoms with E-state index in [4.69, 9.17) is 4.74 Å². The van der Waals surface area contributed by atoms with Crippen molar-refractivity contribution in [1.82, 2.24) is 15.1 Å². The van der Waals surface area contributed by atoms with Crippen LogP contribution in [0.5, 0.6) is 5.75 Å². The molecule has 0 aliphatic carbocycles. The summed E-state index contributed by atoms with van der Waals surface area (Å²) in [6.45, 7) is 0.553. The van der Waals surface area contributed by atoms with Crippen LogP contribution < -0.4 is 4.74 Å². The molecule has 1 atom stereocenters. The largest absolute Gasteiger partial charge is 0.496 e.